The van der Waals surface area contributed by atoms with Gasteiger partial charge in [0.2, 0.25) is 4.73 Å². The summed E-state index contributed by atoms with van der Waals surface area (Å²) in [4.78, 5) is 25.3. The first-order chi connectivity index (χ1) is 10.5. The number of aromatic nitrogens is 8. The number of anilines is 2. The number of hydrogen-bond donors (Lipinski definition) is 2. The minimum Gasteiger partial charge on any atom is -0.382 e. The first kappa shape index (κ1) is 13.6. The lowest BCUT2D eigenvalue weighted by atomic mass is 10.5. The summed E-state index contributed by atoms with van der Waals surface area (Å²) in [6, 6.07) is 0. The Morgan fingerprint density at radius 2 is 1.41 bits per heavy atom. The van der Waals surface area contributed by atoms with Crippen LogP contribution in [0.25, 0.3) is 22.3 Å². The molecule has 0 saturated carbocycles. The third-order valence-electron chi connectivity index (χ3n) is 2.99. The maximum absolute atomic E-state index is 5.87. The van der Waals surface area contributed by atoms with Crippen molar-refractivity contribution in [2.45, 2.75) is 0 Å². The Labute approximate surface area is 144 Å². The van der Waals surface area contributed by atoms with Crippen molar-refractivity contribution in [2.75, 3.05) is 11.5 Å². The summed E-state index contributed by atoms with van der Waals surface area (Å²) in [5, 5.41) is 0. The van der Waals surface area contributed by atoms with Gasteiger partial charge in [0.15, 0.2) is 37.8 Å². The zero-order valence-electron chi connectivity index (χ0n) is 10.6. The van der Waals surface area contributed by atoms with Crippen LogP contribution in [-0.2, 0) is 0 Å². The van der Waals surface area contributed by atoms with Gasteiger partial charge in [-0.05, 0) is 15.9 Å². The molecule has 0 saturated heterocycles. The molecule has 0 aliphatic rings. The van der Waals surface area contributed by atoms with E-state index in [0.29, 0.717) is 36.7 Å². The fourth-order valence-electron chi connectivity index (χ4n) is 2.08. The van der Waals surface area contributed by atoms with Gasteiger partial charge in [0.05, 0.1) is 0 Å². The quantitative estimate of drug-likeness (QED) is 0.306. The van der Waals surface area contributed by atoms with Crippen molar-refractivity contribution in [3.8, 4) is 0 Å². The van der Waals surface area contributed by atoms with Gasteiger partial charge in [-0.3, -0.25) is 0 Å². The lowest BCUT2D eigenvalue weighted by molar-refractivity contribution is 0.686. The summed E-state index contributed by atoms with van der Waals surface area (Å²) in [7, 11) is 0. The second-order valence-electron chi connectivity index (χ2n) is 4.28. The van der Waals surface area contributed by atoms with Crippen LogP contribution in [-0.4, -0.2) is 39.3 Å². The van der Waals surface area contributed by atoms with Gasteiger partial charge < -0.3 is 11.5 Å². The summed E-state index contributed by atoms with van der Waals surface area (Å²) in [5.74, 6) is 0.594. The molecule has 10 nitrogen and oxygen atoms in total. The summed E-state index contributed by atoms with van der Waals surface area (Å²) >= 11 is 5.22. The molecule has 0 atom stereocenters. The van der Waals surface area contributed by atoms with Crippen LogP contribution in [0.15, 0.2) is 17.4 Å². The molecular formula is C10H6BrIN10. The minimum atomic E-state index is 0.281. The Kier molecular flexibility index (Phi) is 2.90. The summed E-state index contributed by atoms with van der Waals surface area (Å²) in [5.41, 5.74) is 13.8. The second kappa shape index (κ2) is 4.70. The molecule has 12 heteroatoms. The number of hydrogen-bond acceptors (Lipinski definition) is 8. The molecule has 0 aromatic carbocycles. The number of halogens is 2. The van der Waals surface area contributed by atoms with Crippen LogP contribution in [0.3, 0.4) is 0 Å². The van der Waals surface area contributed by atoms with Crippen molar-refractivity contribution in [2.24, 2.45) is 0 Å². The van der Waals surface area contributed by atoms with E-state index in [0.717, 1.165) is 0 Å². The highest BCUT2D eigenvalue weighted by Crippen LogP contribution is 2.22. The SMILES string of the molecule is Nc1nc(Br)nc2c1ncn2-n1cnc2c(N)nc(I)nc21. The van der Waals surface area contributed by atoms with Gasteiger partial charge >= 0.3 is 0 Å². The zero-order chi connectivity index (χ0) is 15.4. The average molecular weight is 473 g/mol. The van der Waals surface area contributed by atoms with Crippen molar-refractivity contribution < 1.29 is 0 Å². The zero-order valence-corrected chi connectivity index (χ0v) is 14.4. The van der Waals surface area contributed by atoms with Gasteiger partial charge in [-0.25, -0.2) is 39.3 Å². The van der Waals surface area contributed by atoms with E-state index in [4.69, 9.17) is 11.5 Å². The number of nitrogens with two attached hydrogens (primary N) is 2. The van der Waals surface area contributed by atoms with Crippen LogP contribution < -0.4 is 11.5 Å². The van der Waals surface area contributed by atoms with Crippen molar-refractivity contribution in [3.63, 3.8) is 0 Å². The third kappa shape index (κ3) is 1.90. The molecule has 0 unspecified atom stereocenters. The molecule has 0 fully saturated rings. The van der Waals surface area contributed by atoms with E-state index in [1.165, 1.54) is 0 Å². The smallest absolute Gasteiger partial charge is 0.200 e. The fraction of sp³-hybridized carbons (Fsp3) is 0. The van der Waals surface area contributed by atoms with Crippen LogP contribution >= 0.6 is 38.5 Å². The highest BCUT2D eigenvalue weighted by Gasteiger charge is 2.16. The number of nitrogen functional groups attached to an aromatic ring is 2. The normalized spacial score (nSPS) is 11.5. The van der Waals surface area contributed by atoms with Gasteiger partial charge in [0.25, 0.3) is 0 Å². The molecule has 0 radical (unpaired) electrons. The number of nitrogens with zero attached hydrogens (tertiary/aromatic N) is 8. The molecule has 4 heterocycles. The first-order valence-corrected chi connectivity index (χ1v) is 7.74. The Balaban J connectivity index is 2.08. The second-order valence-corrected chi connectivity index (χ2v) is 5.95. The Morgan fingerprint density at radius 3 is 2.05 bits per heavy atom. The molecule has 0 spiro atoms. The predicted octanol–water partition coefficient (Wildman–Crippen LogP) is 0.809. The number of imidazole rings is 2. The Bertz CT molecular complexity index is 953. The highest BCUT2D eigenvalue weighted by molar-refractivity contribution is 14.1. The lowest BCUT2D eigenvalue weighted by Crippen LogP contribution is -2.09. The van der Waals surface area contributed by atoms with Gasteiger partial charge in [-0.15, -0.1) is 0 Å². The van der Waals surface area contributed by atoms with E-state index in [1.807, 2.05) is 22.6 Å². The summed E-state index contributed by atoms with van der Waals surface area (Å²) in [6.45, 7) is 0. The molecule has 0 aliphatic carbocycles. The average Bonchev–Trinajstić information content (AvgIpc) is 3.02. The van der Waals surface area contributed by atoms with E-state index < -0.39 is 0 Å². The number of rotatable bonds is 1. The first-order valence-electron chi connectivity index (χ1n) is 5.87. The van der Waals surface area contributed by atoms with Crippen molar-refractivity contribution >= 4 is 72.5 Å². The van der Waals surface area contributed by atoms with Crippen LogP contribution in [0, 0.1) is 3.83 Å². The largest absolute Gasteiger partial charge is 0.382 e. The highest BCUT2D eigenvalue weighted by atomic mass is 127. The van der Waals surface area contributed by atoms with E-state index in [9.17, 15) is 0 Å². The Morgan fingerprint density at radius 1 is 0.864 bits per heavy atom. The predicted molar refractivity (Wildman–Crippen MR) is 90.7 cm³/mol. The maximum atomic E-state index is 5.87. The van der Waals surface area contributed by atoms with Crippen LogP contribution in [0.5, 0.6) is 0 Å². The standard InChI is InChI=1S/C10H6BrIN10/c11-9-17-5(13)3-7(19-9)21(1-15-3)22-2-16-4-6(14)18-10(12)20-8(4)22/h1-2H,(H2,13,17,19)(H2,14,18,20). The lowest BCUT2D eigenvalue weighted by Gasteiger charge is -2.06. The fourth-order valence-corrected chi connectivity index (χ4v) is 2.93. The summed E-state index contributed by atoms with van der Waals surface area (Å²) < 4.78 is 4.22. The molecule has 0 bridgehead atoms. The van der Waals surface area contributed by atoms with Gasteiger partial charge in [-0.1, -0.05) is 0 Å². The van der Waals surface area contributed by atoms with Crippen molar-refractivity contribution in [1.82, 2.24) is 39.3 Å². The monoisotopic (exact) mass is 472 g/mol. The van der Waals surface area contributed by atoms with Crippen LogP contribution in [0.4, 0.5) is 11.6 Å². The molecule has 4 aromatic heterocycles. The van der Waals surface area contributed by atoms with E-state index in [2.05, 4.69) is 45.8 Å². The molecule has 22 heavy (non-hydrogen) atoms. The Hall–Kier alpha value is -2.09. The van der Waals surface area contributed by atoms with Gasteiger partial charge in [0.1, 0.15) is 12.7 Å². The van der Waals surface area contributed by atoms with Gasteiger partial charge in [0, 0.05) is 22.6 Å². The molecule has 4 N–H and O–H groups in total. The molecule has 0 aliphatic heterocycles. The van der Waals surface area contributed by atoms with Crippen LogP contribution in [0.2, 0.25) is 0 Å². The van der Waals surface area contributed by atoms with E-state index >= 15 is 0 Å². The molecular weight excluding hydrogens is 467 g/mol. The number of fused-ring (bicyclic) bond motifs is 2. The molecule has 110 valence electrons. The molecule has 0 amide bonds. The maximum Gasteiger partial charge on any atom is 0.200 e. The van der Waals surface area contributed by atoms with Crippen molar-refractivity contribution in [1.29, 1.82) is 0 Å². The molecule has 4 rings (SSSR count). The van der Waals surface area contributed by atoms with Crippen LogP contribution in [0.1, 0.15) is 0 Å². The summed E-state index contributed by atoms with van der Waals surface area (Å²) in [6.07, 6.45) is 3.13. The molecule has 4 aromatic rings. The van der Waals surface area contributed by atoms with Gasteiger partial charge in [-0.2, -0.15) is 0 Å². The minimum absolute atomic E-state index is 0.281. The van der Waals surface area contributed by atoms with Crippen molar-refractivity contribution in [3.05, 3.63) is 21.2 Å². The topological polar surface area (TPSA) is 139 Å². The van der Waals surface area contributed by atoms with E-state index in [1.54, 1.807) is 22.0 Å². The van der Waals surface area contributed by atoms with E-state index in [-0.39, 0.29) is 5.82 Å². The third-order valence-corrected chi connectivity index (χ3v) is 3.83.